The highest BCUT2D eigenvalue weighted by Gasteiger charge is 2.14. The van der Waals surface area contributed by atoms with E-state index in [1.54, 1.807) is 0 Å². The first-order chi connectivity index (χ1) is 12.5. The van der Waals surface area contributed by atoms with E-state index >= 15 is 0 Å². The minimum Gasteiger partial charge on any atom is -0.388 e. The lowest BCUT2D eigenvalue weighted by molar-refractivity contribution is -0.122. The number of aromatic nitrogens is 2. The maximum absolute atomic E-state index is 13.0. The van der Waals surface area contributed by atoms with Crippen molar-refractivity contribution < 1.29 is 13.6 Å². The van der Waals surface area contributed by atoms with Crippen molar-refractivity contribution in [2.75, 3.05) is 6.54 Å². The van der Waals surface area contributed by atoms with Crippen molar-refractivity contribution in [3.8, 4) is 11.5 Å². The number of rotatable bonds is 6. The Kier molecular flexibility index (Phi) is 5.26. The molecule has 0 aliphatic rings. The zero-order valence-electron chi connectivity index (χ0n) is 14.2. The molecule has 0 aliphatic carbocycles. The monoisotopic (exact) mass is 355 g/mol. The van der Waals surface area contributed by atoms with Crippen molar-refractivity contribution in [1.29, 1.82) is 0 Å². The Morgan fingerprint density at radius 3 is 2.58 bits per heavy atom. The molecule has 1 aromatic heterocycles. The molecule has 0 saturated carbocycles. The van der Waals surface area contributed by atoms with Crippen molar-refractivity contribution in [1.82, 2.24) is 15.1 Å². The molecule has 0 fully saturated rings. The number of benzene rings is 2. The first-order valence-corrected chi connectivity index (χ1v) is 8.18. The van der Waals surface area contributed by atoms with Crippen molar-refractivity contribution >= 4 is 5.91 Å². The normalized spacial score (nSPS) is 11.9. The van der Waals surface area contributed by atoms with Crippen LogP contribution >= 0.6 is 0 Å². The summed E-state index contributed by atoms with van der Waals surface area (Å²) in [5.41, 5.74) is 1.57. The highest BCUT2D eigenvalue weighted by atomic mass is 19.1. The van der Waals surface area contributed by atoms with E-state index in [-0.39, 0.29) is 24.3 Å². The van der Waals surface area contributed by atoms with Gasteiger partial charge in [-0.3, -0.25) is 4.79 Å². The Morgan fingerprint density at radius 2 is 1.88 bits per heavy atom. The van der Waals surface area contributed by atoms with Crippen LogP contribution in [0.5, 0.6) is 0 Å². The van der Waals surface area contributed by atoms with Gasteiger partial charge >= 0.3 is 5.76 Å². The lowest BCUT2D eigenvalue weighted by Crippen LogP contribution is -2.33. The molecule has 0 spiro atoms. The number of carbonyl (C=O) groups excluding carboxylic acids is 1. The largest absolute Gasteiger partial charge is 0.437 e. The molecule has 0 unspecified atom stereocenters. The van der Waals surface area contributed by atoms with Crippen LogP contribution < -0.4 is 11.1 Å². The molecule has 6 nitrogen and oxygen atoms in total. The summed E-state index contributed by atoms with van der Waals surface area (Å²) in [5, 5.41) is 6.77. The first-order valence-electron chi connectivity index (χ1n) is 8.18. The van der Waals surface area contributed by atoms with Crippen LogP contribution in [0.25, 0.3) is 11.5 Å². The summed E-state index contributed by atoms with van der Waals surface area (Å²) in [5.74, 6) is -1.30. The van der Waals surface area contributed by atoms with Crippen molar-refractivity contribution in [3.63, 3.8) is 0 Å². The van der Waals surface area contributed by atoms with Gasteiger partial charge in [0.25, 0.3) is 0 Å². The van der Waals surface area contributed by atoms with E-state index < -0.39 is 11.6 Å². The van der Waals surface area contributed by atoms with Gasteiger partial charge in [0.15, 0.2) is 0 Å². The average molecular weight is 355 g/mol. The van der Waals surface area contributed by atoms with E-state index in [0.29, 0.717) is 12.1 Å². The number of nitrogens with zero attached hydrogens (tertiary/aromatic N) is 2. The predicted molar refractivity (Wildman–Crippen MR) is 94.0 cm³/mol. The summed E-state index contributed by atoms with van der Waals surface area (Å²) in [6.45, 7) is 2.20. The molecule has 0 aliphatic heterocycles. The van der Waals surface area contributed by atoms with E-state index in [9.17, 15) is 14.0 Å². The SMILES string of the molecule is C[C@H](CNC(=O)Cn1nc(-c2ccc(F)cc2)oc1=O)c1ccccc1. The molecule has 0 bridgehead atoms. The average Bonchev–Trinajstić information content (AvgIpc) is 3.01. The molecule has 26 heavy (non-hydrogen) atoms. The van der Waals surface area contributed by atoms with E-state index in [4.69, 9.17) is 4.42 Å². The van der Waals surface area contributed by atoms with Gasteiger partial charge in [-0.15, -0.1) is 5.10 Å². The van der Waals surface area contributed by atoms with Gasteiger partial charge in [-0.2, -0.15) is 4.68 Å². The van der Waals surface area contributed by atoms with Gasteiger partial charge in [-0.25, -0.2) is 9.18 Å². The van der Waals surface area contributed by atoms with Gasteiger partial charge in [0.2, 0.25) is 11.8 Å². The molecule has 2 aromatic carbocycles. The maximum Gasteiger partial charge on any atom is 0.437 e. The van der Waals surface area contributed by atoms with Gasteiger partial charge in [-0.1, -0.05) is 37.3 Å². The summed E-state index contributed by atoms with van der Waals surface area (Å²) >= 11 is 0. The van der Waals surface area contributed by atoms with Crippen LogP contribution in [0.3, 0.4) is 0 Å². The van der Waals surface area contributed by atoms with Crippen molar-refractivity contribution in [2.45, 2.75) is 19.4 Å². The molecule has 1 amide bonds. The van der Waals surface area contributed by atoms with Crippen LogP contribution in [0.4, 0.5) is 4.39 Å². The zero-order valence-corrected chi connectivity index (χ0v) is 14.2. The summed E-state index contributed by atoms with van der Waals surface area (Å²) in [6, 6.07) is 15.2. The number of carbonyl (C=O) groups is 1. The minimum absolute atomic E-state index is 0.0421. The number of hydrogen-bond donors (Lipinski definition) is 1. The second-order valence-corrected chi connectivity index (χ2v) is 5.95. The smallest absolute Gasteiger partial charge is 0.388 e. The van der Waals surface area contributed by atoms with Gasteiger partial charge in [0, 0.05) is 12.1 Å². The zero-order chi connectivity index (χ0) is 18.5. The van der Waals surface area contributed by atoms with E-state index in [0.717, 1.165) is 10.2 Å². The molecule has 3 aromatic rings. The Labute approximate surface area is 149 Å². The predicted octanol–water partition coefficient (Wildman–Crippen LogP) is 2.56. The van der Waals surface area contributed by atoms with Crippen molar-refractivity contribution in [2.24, 2.45) is 0 Å². The second-order valence-electron chi connectivity index (χ2n) is 5.95. The van der Waals surface area contributed by atoms with Crippen LogP contribution in [0.1, 0.15) is 18.4 Å². The summed E-state index contributed by atoms with van der Waals surface area (Å²) < 4.78 is 18.9. The van der Waals surface area contributed by atoms with Crippen LogP contribution in [0, 0.1) is 5.82 Å². The van der Waals surface area contributed by atoms with E-state index in [2.05, 4.69) is 10.4 Å². The fraction of sp³-hybridized carbons (Fsp3) is 0.211. The summed E-state index contributed by atoms with van der Waals surface area (Å²) in [6.07, 6.45) is 0. The van der Waals surface area contributed by atoms with Crippen LogP contribution in [0.15, 0.2) is 63.8 Å². The quantitative estimate of drug-likeness (QED) is 0.737. The van der Waals surface area contributed by atoms with E-state index in [1.165, 1.54) is 24.3 Å². The van der Waals surface area contributed by atoms with E-state index in [1.807, 2.05) is 37.3 Å². The maximum atomic E-state index is 13.0. The second kappa shape index (κ2) is 7.77. The molecule has 134 valence electrons. The van der Waals surface area contributed by atoms with Crippen LogP contribution in [-0.4, -0.2) is 22.2 Å². The molecule has 7 heteroatoms. The third-order valence-corrected chi connectivity index (χ3v) is 3.96. The Bertz CT molecular complexity index is 933. The van der Waals surface area contributed by atoms with Gasteiger partial charge < -0.3 is 9.73 Å². The molecular weight excluding hydrogens is 337 g/mol. The number of amides is 1. The molecule has 1 N–H and O–H groups in total. The van der Waals surface area contributed by atoms with Crippen molar-refractivity contribution in [3.05, 3.63) is 76.5 Å². The van der Waals surface area contributed by atoms with Crippen LogP contribution in [-0.2, 0) is 11.3 Å². The summed E-state index contributed by atoms with van der Waals surface area (Å²) in [4.78, 5) is 23.9. The third-order valence-electron chi connectivity index (χ3n) is 3.96. The Morgan fingerprint density at radius 1 is 1.19 bits per heavy atom. The van der Waals surface area contributed by atoms with Crippen LogP contribution in [0.2, 0.25) is 0 Å². The van der Waals surface area contributed by atoms with Gasteiger partial charge in [0.1, 0.15) is 12.4 Å². The van der Waals surface area contributed by atoms with Gasteiger partial charge in [0.05, 0.1) is 0 Å². The summed E-state index contributed by atoms with van der Waals surface area (Å²) in [7, 11) is 0. The lowest BCUT2D eigenvalue weighted by atomic mass is 10.0. The molecule has 0 saturated heterocycles. The molecule has 0 radical (unpaired) electrons. The standard InChI is InChI=1S/C19H18FN3O3/c1-13(14-5-3-2-4-6-14)11-21-17(24)12-23-19(25)26-18(22-23)15-7-9-16(20)10-8-15/h2-10,13H,11-12H2,1H3,(H,21,24)/t13-/m1/s1. The van der Waals surface area contributed by atoms with Gasteiger partial charge in [-0.05, 0) is 35.7 Å². The fourth-order valence-corrected chi connectivity index (χ4v) is 2.47. The topological polar surface area (TPSA) is 77.1 Å². The lowest BCUT2D eigenvalue weighted by Gasteiger charge is -2.12. The third kappa shape index (κ3) is 4.24. The highest BCUT2D eigenvalue weighted by Crippen LogP contribution is 2.15. The fourth-order valence-electron chi connectivity index (χ4n) is 2.47. The Balaban J connectivity index is 1.61. The molecular formula is C19H18FN3O3. The number of halogens is 1. The Hall–Kier alpha value is -3.22. The minimum atomic E-state index is -0.740. The molecule has 3 rings (SSSR count). The first kappa shape index (κ1) is 17.6. The molecule has 1 atom stereocenters. The number of hydrogen-bond acceptors (Lipinski definition) is 4. The number of nitrogens with one attached hydrogen (secondary N) is 1. The molecule has 1 heterocycles. The highest BCUT2D eigenvalue weighted by molar-refractivity contribution is 5.75.